The van der Waals surface area contributed by atoms with Crippen molar-refractivity contribution >= 4 is 28.8 Å². The highest BCUT2D eigenvalue weighted by Crippen LogP contribution is 2.26. The van der Waals surface area contributed by atoms with Gasteiger partial charge in [0.05, 0.1) is 0 Å². The molecule has 1 saturated heterocycles. The van der Waals surface area contributed by atoms with Gasteiger partial charge >= 0.3 is 6.03 Å². The quantitative estimate of drug-likeness (QED) is 0.670. The van der Waals surface area contributed by atoms with Crippen LogP contribution in [0.5, 0.6) is 0 Å². The number of urea groups is 1. The van der Waals surface area contributed by atoms with E-state index in [1.807, 2.05) is 66.4 Å². The molecule has 0 aliphatic carbocycles. The Balaban J connectivity index is 1.42. The predicted molar refractivity (Wildman–Crippen MR) is 115 cm³/mol. The van der Waals surface area contributed by atoms with Gasteiger partial charge in [-0.15, -0.1) is 0 Å². The fourth-order valence-corrected chi connectivity index (χ4v) is 3.50. The van der Waals surface area contributed by atoms with E-state index in [9.17, 15) is 14.4 Å². The van der Waals surface area contributed by atoms with Crippen molar-refractivity contribution in [1.29, 1.82) is 0 Å². The molecule has 2 N–H and O–H groups in total. The van der Waals surface area contributed by atoms with Crippen LogP contribution in [0.15, 0.2) is 64.2 Å². The molecule has 3 aromatic carbocycles. The number of carbonyl (C=O) groups excluding carboxylic acids is 1. The Morgan fingerprint density at radius 3 is 2.21 bits per heavy atom. The zero-order chi connectivity index (χ0) is 20.4. The van der Waals surface area contributed by atoms with Gasteiger partial charge in [0, 0.05) is 37.6 Å². The van der Waals surface area contributed by atoms with Gasteiger partial charge in [-0.05, 0) is 30.7 Å². The molecule has 7 nitrogen and oxygen atoms in total. The van der Waals surface area contributed by atoms with Gasteiger partial charge < -0.3 is 20.4 Å². The lowest BCUT2D eigenvalue weighted by molar-refractivity contribution is 0.208. The molecule has 0 spiro atoms. The van der Waals surface area contributed by atoms with Crippen molar-refractivity contribution in [3.8, 4) is 0 Å². The number of anilines is 4. The molecule has 29 heavy (non-hydrogen) atoms. The van der Waals surface area contributed by atoms with E-state index >= 15 is 0 Å². The molecule has 1 aliphatic heterocycles. The summed E-state index contributed by atoms with van der Waals surface area (Å²) in [6.45, 7) is 3.88. The molecule has 4 rings (SSSR count). The second kappa shape index (κ2) is 7.79. The number of amides is 2. The van der Waals surface area contributed by atoms with Gasteiger partial charge in [-0.25, -0.2) is 4.79 Å². The van der Waals surface area contributed by atoms with Crippen molar-refractivity contribution in [2.24, 2.45) is 0 Å². The molecule has 0 radical (unpaired) electrons. The largest absolute Gasteiger partial charge is 0.363 e. The summed E-state index contributed by atoms with van der Waals surface area (Å²) in [5, 5.41) is 5.99. The van der Waals surface area contributed by atoms with Crippen molar-refractivity contribution in [1.82, 2.24) is 4.90 Å². The maximum atomic E-state index is 12.4. The summed E-state index contributed by atoms with van der Waals surface area (Å²) >= 11 is 0. The first kappa shape index (κ1) is 18.7. The molecule has 1 heterocycles. The third-order valence-electron chi connectivity index (χ3n) is 5.20. The van der Waals surface area contributed by atoms with Crippen LogP contribution in [0.3, 0.4) is 0 Å². The van der Waals surface area contributed by atoms with E-state index in [0.29, 0.717) is 37.6 Å². The average molecular weight is 390 g/mol. The molecule has 0 aromatic heterocycles. The van der Waals surface area contributed by atoms with Crippen molar-refractivity contribution in [2.45, 2.75) is 6.92 Å². The zero-order valence-corrected chi connectivity index (χ0v) is 16.1. The lowest BCUT2D eigenvalue weighted by Crippen LogP contribution is -2.53. The number of hydrogen-bond donors (Lipinski definition) is 2. The van der Waals surface area contributed by atoms with Crippen molar-refractivity contribution in [2.75, 3.05) is 41.7 Å². The highest BCUT2D eigenvalue weighted by molar-refractivity contribution is 5.89. The van der Waals surface area contributed by atoms with Crippen LogP contribution in [0.2, 0.25) is 0 Å². The summed E-state index contributed by atoms with van der Waals surface area (Å²) in [5.74, 6) is 0. The van der Waals surface area contributed by atoms with Crippen LogP contribution in [0.1, 0.15) is 5.56 Å². The number of hydrogen-bond acceptors (Lipinski definition) is 5. The van der Waals surface area contributed by atoms with E-state index in [4.69, 9.17) is 0 Å². The summed E-state index contributed by atoms with van der Waals surface area (Å²) in [6, 6.07) is 16.7. The van der Waals surface area contributed by atoms with Crippen LogP contribution in [0.25, 0.3) is 0 Å². The van der Waals surface area contributed by atoms with E-state index in [0.717, 1.165) is 16.9 Å². The summed E-state index contributed by atoms with van der Waals surface area (Å²) in [5.41, 5.74) is 2.34. The Labute approximate surface area is 168 Å². The van der Waals surface area contributed by atoms with Gasteiger partial charge in [0.15, 0.2) is 0 Å². The molecule has 0 bridgehead atoms. The van der Waals surface area contributed by atoms with Gasteiger partial charge in [-0.2, -0.15) is 0 Å². The summed E-state index contributed by atoms with van der Waals surface area (Å²) in [7, 11) is 0. The molecule has 0 unspecified atom stereocenters. The van der Waals surface area contributed by atoms with Crippen LogP contribution in [-0.4, -0.2) is 37.1 Å². The minimum absolute atomic E-state index is 0.167. The van der Waals surface area contributed by atoms with Crippen molar-refractivity contribution in [3.63, 3.8) is 0 Å². The van der Waals surface area contributed by atoms with E-state index in [2.05, 4.69) is 10.6 Å². The normalized spacial score (nSPS) is 14.1. The minimum atomic E-state index is -0.493. The van der Waals surface area contributed by atoms with Gasteiger partial charge in [0.1, 0.15) is 11.4 Å². The topological polar surface area (TPSA) is 81.8 Å². The van der Waals surface area contributed by atoms with Crippen LogP contribution in [0, 0.1) is 6.92 Å². The summed E-state index contributed by atoms with van der Waals surface area (Å²) < 4.78 is 0. The molecule has 148 valence electrons. The molecular weight excluding hydrogens is 368 g/mol. The molecule has 2 amide bonds. The lowest BCUT2D eigenvalue weighted by Gasteiger charge is -2.37. The molecular formula is C22H22N4O3. The summed E-state index contributed by atoms with van der Waals surface area (Å²) in [4.78, 5) is 40.4. The number of piperazine rings is 1. The molecule has 0 atom stereocenters. The highest BCUT2D eigenvalue weighted by atomic mass is 16.2. The Morgan fingerprint density at radius 2 is 1.52 bits per heavy atom. The Bertz CT molecular complexity index is 1100. The lowest BCUT2D eigenvalue weighted by atomic mass is 10.1. The Morgan fingerprint density at radius 1 is 0.862 bits per heavy atom. The van der Waals surface area contributed by atoms with Crippen LogP contribution >= 0.6 is 0 Å². The van der Waals surface area contributed by atoms with Gasteiger partial charge in [0.2, 0.25) is 0 Å². The second-order valence-electron chi connectivity index (χ2n) is 7.09. The molecule has 0 saturated carbocycles. The molecule has 7 heteroatoms. The van der Waals surface area contributed by atoms with Gasteiger partial charge in [-0.3, -0.25) is 9.59 Å². The number of nitrogens with one attached hydrogen (secondary N) is 2. The number of carbonyl (C=O) groups is 1. The zero-order valence-electron chi connectivity index (χ0n) is 16.1. The molecule has 1 aliphatic rings. The third kappa shape index (κ3) is 3.71. The number of benzene rings is 2. The fourth-order valence-electron chi connectivity index (χ4n) is 3.50. The predicted octanol–water partition coefficient (Wildman–Crippen LogP) is 2.69. The Hall–Kier alpha value is -3.61. The number of nitrogens with zero attached hydrogens (tertiary/aromatic N) is 2. The fraction of sp³-hybridized carbons (Fsp3) is 0.227. The standard InChI is InChI=1S/C22H22N4O3/c1-15-7-5-6-10-17(15)24-18-19(21(28)20(18)27)25-11-13-26(14-12-25)22(29)23-16-8-3-2-4-9-16/h2-10,24H,11-14H2,1H3,(H,23,29). The monoisotopic (exact) mass is 390 g/mol. The van der Waals surface area contributed by atoms with Gasteiger partial charge in [0.25, 0.3) is 10.9 Å². The number of rotatable bonds is 4. The summed E-state index contributed by atoms with van der Waals surface area (Å²) in [6.07, 6.45) is 0. The first-order valence-electron chi connectivity index (χ1n) is 9.56. The second-order valence-corrected chi connectivity index (χ2v) is 7.09. The average Bonchev–Trinajstić information content (AvgIpc) is 2.75. The highest BCUT2D eigenvalue weighted by Gasteiger charge is 2.30. The molecule has 1 fully saturated rings. The molecule has 3 aromatic rings. The number of para-hydroxylation sites is 2. The van der Waals surface area contributed by atoms with E-state index in [1.54, 1.807) is 4.90 Å². The minimum Gasteiger partial charge on any atom is -0.363 e. The first-order valence-corrected chi connectivity index (χ1v) is 9.56. The van der Waals surface area contributed by atoms with Crippen LogP contribution < -0.4 is 26.4 Å². The third-order valence-corrected chi connectivity index (χ3v) is 5.20. The maximum Gasteiger partial charge on any atom is 0.321 e. The van der Waals surface area contributed by atoms with Gasteiger partial charge in [-0.1, -0.05) is 36.4 Å². The van der Waals surface area contributed by atoms with E-state index in [1.165, 1.54) is 0 Å². The van der Waals surface area contributed by atoms with Crippen LogP contribution in [-0.2, 0) is 0 Å². The van der Waals surface area contributed by atoms with E-state index < -0.39 is 10.9 Å². The SMILES string of the molecule is Cc1ccccc1Nc1c(N2CCN(C(=O)Nc3ccccc3)CC2)c(=O)c1=O. The smallest absolute Gasteiger partial charge is 0.321 e. The van der Waals surface area contributed by atoms with Crippen molar-refractivity contribution < 1.29 is 4.79 Å². The maximum absolute atomic E-state index is 12.4. The number of aryl methyl sites for hydroxylation is 1. The van der Waals surface area contributed by atoms with E-state index in [-0.39, 0.29) is 6.03 Å². The Kier molecular flexibility index (Phi) is 5.03. The van der Waals surface area contributed by atoms with Crippen molar-refractivity contribution in [3.05, 3.63) is 80.6 Å². The first-order chi connectivity index (χ1) is 14.0. The van der Waals surface area contributed by atoms with Crippen LogP contribution in [0.4, 0.5) is 27.5 Å².